The van der Waals surface area contributed by atoms with E-state index in [4.69, 9.17) is 5.11 Å². The Kier molecular flexibility index (Phi) is 2.26. The number of aliphatic hydroxyl groups is 2. The molecule has 2 heteroatoms. The topological polar surface area (TPSA) is 40.5 Å². The standard InChI is InChI=1S/C9H18O2/c1-8(2)5-3-4-6-9(8,11)7-10/h10-11H,3-7H2,1-2H3. The van der Waals surface area contributed by atoms with Gasteiger partial charge in [0.2, 0.25) is 0 Å². The fourth-order valence-corrected chi connectivity index (χ4v) is 1.85. The van der Waals surface area contributed by atoms with Gasteiger partial charge in [-0.05, 0) is 18.3 Å². The molecule has 0 spiro atoms. The van der Waals surface area contributed by atoms with Crippen LogP contribution in [0.3, 0.4) is 0 Å². The number of hydrogen-bond donors (Lipinski definition) is 2. The van der Waals surface area contributed by atoms with Crippen LogP contribution in [0.25, 0.3) is 0 Å². The summed E-state index contributed by atoms with van der Waals surface area (Å²) >= 11 is 0. The summed E-state index contributed by atoms with van der Waals surface area (Å²) < 4.78 is 0. The Bertz CT molecular complexity index is 142. The molecule has 0 saturated heterocycles. The molecule has 0 aromatic carbocycles. The monoisotopic (exact) mass is 158 g/mol. The summed E-state index contributed by atoms with van der Waals surface area (Å²) in [4.78, 5) is 0. The van der Waals surface area contributed by atoms with E-state index in [2.05, 4.69) is 0 Å². The van der Waals surface area contributed by atoms with Crippen LogP contribution in [0.5, 0.6) is 0 Å². The summed E-state index contributed by atoms with van der Waals surface area (Å²) in [5.41, 5.74) is -0.939. The molecule has 1 fully saturated rings. The molecule has 2 nitrogen and oxygen atoms in total. The van der Waals surface area contributed by atoms with Crippen LogP contribution in [0.2, 0.25) is 0 Å². The smallest absolute Gasteiger partial charge is 0.0927 e. The predicted octanol–water partition coefficient (Wildman–Crippen LogP) is 1.31. The van der Waals surface area contributed by atoms with Gasteiger partial charge in [-0.15, -0.1) is 0 Å². The number of hydrogen-bond acceptors (Lipinski definition) is 2. The van der Waals surface area contributed by atoms with Crippen LogP contribution in [0.15, 0.2) is 0 Å². The third kappa shape index (κ3) is 1.42. The van der Waals surface area contributed by atoms with Crippen molar-refractivity contribution in [3.8, 4) is 0 Å². The molecule has 0 aromatic heterocycles. The molecule has 0 amide bonds. The summed E-state index contributed by atoms with van der Waals surface area (Å²) in [6, 6.07) is 0. The molecule has 0 radical (unpaired) electrons. The van der Waals surface area contributed by atoms with Gasteiger partial charge >= 0.3 is 0 Å². The van der Waals surface area contributed by atoms with Crippen molar-refractivity contribution in [2.75, 3.05) is 6.61 Å². The first kappa shape index (κ1) is 9.01. The molecular weight excluding hydrogens is 140 g/mol. The summed E-state index contributed by atoms with van der Waals surface area (Å²) in [7, 11) is 0. The molecule has 0 aliphatic heterocycles. The van der Waals surface area contributed by atoms with E-state index in [0.29, 0.717) is 0 Å². The molecule has 1 aliphatic rings. The highest BCUT2D eigenvalue weighted by Gasteiger charge is 2.44. The van der Waals surface area contributed by atoms with Crippen LogP contribution in [0.4, 0.5) is 0 Å². The quantitative estimate of drug-likeness (QED) is 0.604. The zero-order chi connectivity index (χ0) is 8.54. The molecule has 2 N–H and O–H groups in total. The third-order valence-electron chi connectivity index (χ3n) is 3.16. The van der Waals surface area contributed by atoms with Crippen molar-refractivity contribution in [2.24, 2.45) is 5.41 Å². The molecule has 0 bridgehead atoms. The van der Waals surface area contributed by atoms with E-state index >= 15 is 0 Å². The lowest BCUT2D eigenvalue weighted by Crippen LogP contribution is -2.49. The first-order valence-corrected chi connectivity index (χ1v) is 4.35. The molecule has 1 saturated carbocycles. The van der Waals surface area contributed by atoms with Crippen LogP contribution in [0, 0.1) is 5.41 Å². The van der Waals surface area contributed by atoms with Crippen LogP contribution < -0.4 is 0 Å². The summed E-state index contributed by atoms with van der Waals surface area (Å²) in [6.45, 7) is 3.96. The molecule has 1 aliphatic carbocycles. The zero-order valence-corrected chi connectivity index (χ0v) is 7.43. The lowest BCUT2D eigenvalue weighted by molar-refractivity contribution is -0.126. The highest BCUT2D eigenvalue weighted by molar-refractivity contribution is 4.95. The molecule has 66 valence electrons. The first-order chi connectivity index (χ1) is 5.02. The maximum atomic E-state index is 9.96. The van der Waals surface area contributed by atoms with Gasteiger partial charge in [0.15, 0.2) is 0 Å². The molecular formula is C9H18O2. The highest BCUT2D eigenvalue weighted by Crippen LogP contribution is 2.43. The maximum Gasteiger partial charge on any atom is 0.0927 e. The van der Waals surface area contributed by atoms with E-state index in [1.54, 1.807) is 0 Å². The summed E-state index contributed by atoms with van der Waals surface area (Å²) in [6.07, 6.45) is 3.98. The average Bonchev–Trinajstić information content (AvgIpc) is 1.95. The van der Waals surface area contributed by atoms with Crippen LogP contribution in [0.1, 0.15) is 39.5 Å². The molecule has 1 atom stereocenters. The van der Waals surface area contributed by atoms with E-state index in [9.17, 15) is 5.11 Å². The van der Waals surface area contributed by atoms with Gasteiger partial charge in [0, 0.05) is 0 Å². The zero-order valence-electron chi connectivity index (χ0n) is 7.43. The van der Waals surface area contributed by atoms with Gasteiger partial charge in [0.25, 0.3) is 0 Å². The highest BCUT2D eigenvalue weighted by atomic mass is 16.3. The second-order valence-electron chi connectivity index (χ2n) is 4.28. The predicted molar refractivity (Wildman–Crippen MR) is 44.3 cm³/mol. The van der Waals surface area contributed by atoms with Crippen molar-refractivity contribution < 1.29 is 10.2 Å². The van der Waals surface area contributed by atoms with Crippen molar-refractivity contribution in [3.05, 3.63) is 0 Å². The van der Waals surface area contributed by atoms with Crippen molar-refractivity contribution in [1.29, 1.82) is 0 Å². The number of rotatable bonds is 1. The minimum absolute atomic E-state index is 0.0972. The molecule has 1 unspecified atom stereocenters. The normalized spacial score (nSPS) is 37.1. The fourth-order valence-electron chi connectivity index (χ4n) is 1.85. The van der Waals surface area contributed by atoms with Crippen molar-refractivity contribution in [2.45, 2.75) is 45.1 Å². The average molecular weight is 158 g/mol. The van der Waals surface area contributed by atoms with Crippen molar-refractivity contribution >= 4 is 0 Å². The van der Waals surface area contributed by atoms with Crippen LogP contribution in [-0.2, 0) is 0 Å². The van der Waals surface area contributed by atoms with E-state index in [1.807, 2.05) is 13.8 Å². The maximum absolute atomic E-state index is 9.96. The van der Waals surface area contributed by atoms with Gasteiger partial charge < -0.3 is 10.2 Å². The third-order valence-corrected chi connectivity index (χ3v) is 3.16. The Morgan fingerprint density at radius 1 is 1.18 bits per heavy atom. The lowest BCUT2D eigenvalue weighted by Gasteiger charge is -2.45. The Morgan fingerprint density at radius 2 is 1.73 bits per heavy atom. The van der Waals surface area contributed by atoms with Crippen LogP contribution in [-0.4, -0.2) is 22.4 Å². The SMILES string of the molecule is CC1(C)CCCCC1(O)CO. The van der Waals surface area contributed by atoms with Gasteiger partial charge in [-0.3, -0.25) is 0 Å². The number of aliphatic hydroxyl groups excluding tert-OH is 1. The summed E-state index contributed by atoms with van der Waals surface area (Å²) in [5, 5.41) is 19.0. The van der Waals surface area contributed by atoms with Crippen LogP contribution >= 0.6 is 0 Å². The minimum Gasteiger partial charge on any atom is -0.393 e. The molecule has 0 aromatic rings. The second-order valence-corrected chi connectivity index (χ2v) is 4.28. The van der Waals surface area contributed by atoms with Gasteiger partial charge in [0.05, 0.1) is 12.2 Å². The molecule has 11 heavy (non-hydrogen) atoms. The van der Waals surface area contributed by atoms with Gasteiger partial charge in [-0.2, -0.15) is 0 Å². The molecule has 0 heterocycles. The lowest BCUT2D eigenvalue weighted by atomic mass is 9.66. The van der Waals surface area contributed by atoms with E-state index < -0.39 is 5.60 Å². The minimum atomic E-state index is -0.828. The Morgan fingerprint density at radius 3 is 2.09 bits per heavy atom. The fraction of sp³-hybridized carbons (Fsp3) is 1.00. The van der Waals surface area contributed by atoms with Crippen molar-refractivity contribution in [1.82, 2.24) is 0 Å². The van der Waals surface area contributed by atoms with E-state index in [-0.39, 0.29) is 12.0 Å². The largest absolute Gasteiger partial charge is 0.393 e. The Hall–Kier alpha value is -0.0800. The van der Waals surface area contributed by atoms with Crippen molar-refractivity contribution in [3.63, 3.8) is 0 Å². The first-order valence-electron chi connectivity index (χ1n) is 4.35. The van der Waals surface area contributed by atoms with E-state index in [1.165, 1.54) is 6.42 Å². The molecule has 1 rings (SSSR count). The van der Waals surface area contributed by atoms with E-state index in [0.717, 1.165) is 19.3 Å². The summed E-state index contributed by atoms with van der Waals surface area (Å²) in [5.74, 6) is 0. The van der Waals surface area contributed by atoms with Gasteiger partial charge in [-0.25, -0.2) is 0 Å². The van der Waals surface area contributed by atoms with Gasteiger partial charge in [0.1, 0.15) is 0 Å². The second kappa shape index (κ2) is 2.76. The van der Waals surface area contributed by atoms with Gasteiger partial charge in [-0.1, -0.05) is 26.7 Å². The Balaban J connectivity index is 2.74. The Labute approximate surface area is 68.2 Å².